The molecule has 0 spiro atoms. The lowest BCUT2D eigenvalue weighted by atomic mass is 9.94. The number of nitrogen functional groups attached to an aromatic ring is 1. The van der Waals surface area contributed by atoms with Crippen LogP contribution >= 0.6 is 0 Å². The van der Waals surface area contributed by atoms with Crippen LogP contribution in [-0.2, 0) is 16.4 Å². The second-order valence-corrected chi connectivity index (χ2v) is 7.34. The monoisotopic (exact) mass is 322 g/mol. The Morgan fingerprint density at radius 2 is 2.18 bits per heavy atom. The van der Waals surface area contributed by atoms with Gasteiger partial charge in [0.15, 0.2) is 0 Å². The maximum atomic E-state index is 12.5. The number of hydrogen-bond donors (Lipinski definition) is 2. The average Bonchev–Trinajstić information content (AvgIpc) is 3.05. The van der Waals surface area contributed by atoms with Gasteiger partial charge in [-0.05, 0) is 25.2 Å². The van der Waals surface area contributed by atoms with E-state index in [9.17, 15) is 8.42 Å². The van der Waals surface area contributed by atoms with Gasteiger partial charge in [-0.25, -0.2) is 13.4 Å². The number of nitrogens with zero attached hydrogens (tertiary/aromatic N) is 4. The van der Waals surface area contributed by atoms with Gasteiger partial charge < -0.3 is 5.73 Å². The Kier molecular flexibility index (Phi) is 4.08. The van der Waals surface area contributed by atoms with Gasteiger partial charge in [-0.1, -0.05) is 0 Å². The Balaban J connectivity index is 1.74. The molecule has 0 bridgehead atoms. The molecule has 0 amide bonds. The van der Waals surface area contributed by atoms with E-state index in [-0.39, 0.29) is 10.8 Å². The fourth-order valence-electron chi connectivity index (χ4n) is 2.75. The van der Waals surface area contributed by atoms with Crippen molar-refractivity contribution in [1.82, 2.24) is 24.5 Å². The van der Waals surface area contributed by atoms with E-state index in [4.69, 9.17) is 5.73 Å². The van der Waals surface area contributed by atoms with Crippen LogP contribution in [0.15, 0.2) is 29.7 Å². The predicted octanol–water partition coefficient (Wildman–Crippen LogP) is 0.425. The SMILES string of the molecule is Nc1nccnc1C[C@H]1CCCN(S(=O)(=O)c2cn[nH]c2)C1. The van der Waals surface area contributed by atoms with Crippen molar-refractivity contribution in [1.29, 1.82) is 0 Å². The molecule has 2 aromatic heterocycles. The van der Waals surface area contributed by atoms with Crippen molar-refractivity contribution in [2.45, 2.75) is 24.2 Å². The van der Waals surface area contributed by atoms with Gasteiger partial charge in [-0.15, -0.1) is 0 Å². The van der Waals surface area contributed by atoms with Crippen LogP contribution in [0, 0.1) is 5.92 Å². The number of hydrogen-bond acceptors (Lipinski definition) is 6. The Hall–Kier alpha value is -2.00. The molecule has 1 aliphatic heterocycles. The summed E-state index contributed by atoms with van der Waals surface area (Å²) in [6.07, 6.45) is 8.30. The largest absolute Gasteiger partial charge is 0.382 e. The number of anilines is 1. The fourth-order valence-corrected chi connectivity index (χ4v) is 4.21. The molecule has 0 saturated carbocycles. The van der Waals surface area contributed by atoms with Crippen molar-refractivity contribution in [2.24, 2.45) is 5.92 Å². The van der Waals surface area contributed by atoms with Crippen LogP contribution in [0.3, 0.4) is 0 Å². The molecule has 0 aromatic carbocycles. The number of aromatic nitrogens is 4. The van der Waals surface area contributed by atoms with Crippen LogP contribution in [0.4, 0.5) is 5.82 Å². The average molecular weight is 322 g/mol. The molecule has 1 aliphatic rings. The molecule has 118 valence electrons. The number of H-pyrrole nitrogens is 1. The van der Waals surface area contributed by atoms with Crippen LogP contribution in [0.2, 0.25) is 0 Å². The van der Waals surface area contributed by atoms with Crippen molar-refractivity contribution in [3.8, 4) is 0 Å². The molecule has 9 heteroatoms. The lowest BCUT2D eigenvalue weighted by Crippen LogP contribution is -2.40. The van der Waals surface area contributed by atoms with Gasteiger partial charge in [0.2, 0.25) is 10.0 Å². The number of nitrogens with two attached hydrogens (primary N) is 1. The highest BCUT2D eigenvalue weighted by atomic mass is 32.2. The molecule has 22 heavy (non-hydrogen) atoms. The van der Waals surface area contributed by atoms with E-state index >= 15 is 0 Å². The van der Waals surface area contributed by atoms with Crippen molar-refractivity contribution in [2.75, 3.05) is 18.8 Å². The van der Waals surface area contributed by atoms with Crippen LogP contribution in [0.5, 0.6) is 0 Å². The number of piperidine rings is 1. The normalized spacial score (nSPS) is 20.1. The Labute approximate surface area is 128 Å². The van der Waals surface area contributed by atoms with Crippen molar-refractivity contribution in [3.63, 3.8) is 0 Å². The van der Waals surface area contributed by atoms with E-state index in [1.54, 1.807) is 12.4 Å². The lowest BCUT2D eigenvalue weighted by Gasteiger charge is -2.31. The number of aromatic amines is 1. The van der Waals surface area contributed by atoms with Gasteiger partial charge in [-0.2, -0.15) is 9.40 Å². The molecule has 3 N–H and O–H groups in total. The van der Waals surface area contributed by atoms with E-state index < -0.39 is 10.0 Å². The third-order valence-electron chi connectivity index (χ3n) is 3.88. The first-order chi connectivity index (χ1) is 10.6. The standard InChI is InChI=1S/C13H18N6O2S/c14-13-12(15-3-4-16-13)6-10-2-1-5-19(9-10)22(20,21)11-7-17-18-8-11/h3-4,7-8,10H,1-2,5-6,9H2,(H2,14,16)(H,17,18)/t10-/m1/s1. The fraction of sp³-hybridized carbons (Fsp3) is 0.462. The summed E-state index contributed by atoms with van der Waals surface area (Å²) in [6, 6.07) is 0. The van der Waals surface area contributed by atoms with E-state index in [0.29, 0.717) is 25.3 Å². The summed E-state index contributed by atoms with van der Waals surface area (Å²) in [6.45, 7) is 0.990. The molecular weight excluding hydrogens is 304 g/mol. The third kappa shape index (κ3) is 2.95. The molecular formula is C13H18N6O2S. The minimum absolute atomic E-state index is 0.189. The zero-order valence-corrected chi connectivity index (χ0v) is 12.8. The predicted molar refractivity (Wildman–Crippen MR) is 80.2 cm³/mol. The summed E-state index contributed by atoms with van der Waals surface area (Å²) in [5.41, 5.74) is 6.55. The second-order valence-electron chi connectivity index (χ2n) is 5.40. The second kappa shape index (κ2) is 6.01. The van der Waals surface area contributed by atoms with Gasteiger partial charge in [0.05, 0.1) is 11.9 Å². The summed E-state index contributed by atoms with van der Waals surface area (Å²) >= 11 is 0. The summed E-state index contributed by atoms with van der Waals surface area (Å²) in [7, 11) is -3.48. The molecule has 0 radical (unpaired) electrons. The highest BCUT2D eigenvalue weighted by molar-refractivity contribution is 7.89. The zero-order chi connectivity index (χ0) is 15.6. The first-order valence-corrected chi connectivity index (χ1v) is 8.55. The van der Waals surface area contributed by atoms with Crippen LogP contribution in [0.25, 0.3) is 0 Å². The molecule has 0 unspecified atom stereocenters. The molecule has 1 atom stereocenters. The van der Waals surface area contributed by atoms with Crippen LogP contribution in [0.1, 0.15) is 18.5 Å². The van der Waals surface area contributed by atoms with E-state index in [1.165, 1.54) is 16.7 Å². The first-order valence-electron chi connectivity index (χ1n) is 7.11. The summed E-state index contributed by atoms with van der Waals surface area (Å²) < 4.78 is 26.6. The third-order valence-corrected chi connectivity index (χ3v) is 5.71. The molecule has 0 aliphatic carbocycles. The molecule has 2 aromatic rings. The zero-order valence-electron chi connectivity index (χ0n) is 12.0. The van der Waals surface area contributed by atoms with Crippen LogP contribution in [-0.4, -0.2) is 46.0 Å². The van der Waals surface area contributed by atoms with E-state index in [2.05, 4.69) is 20.2 Å². The van der Waals surface area contributed by atoms with E-state index in [0.717, 1.165) is 18.5 Å². The van der Waals surface area contributed by atoms with Gasteiger partial charge in [0.1, 0.15) is 10.7 Å². The quantitative estimate of drug-likeness (QED) is 0.842. The van der Waals surface area contributed by atoms with Crippen LogP contribution < -0.4 is 5.73 Å². The van der Waals surface area contributed by atoms with Crippen molar-refractivity contribution >= 4 is 15.8 Å². The maximum Gasteiger partial charge on any atom is 0.246 e. The summed E-state index contributed by atoms with van der Waals surface area (Å²) in [5.74, 6) is 0.603. The van der Waals surface area contributed by atoms with E-state index in [1.807, 2.05) is 0 Å². The highest BCUT2D eigenvalue weighted by Crippen LogP contribution is 2.25. The topological polar surface area (TPSA) is 118 Å². The molecule has 1 fully saturated rings. The van der Waals surface area contributed by atoms with Gasteiger partial charge >= 0.3 is 0 Å². The lowest BCUT2D eigenvalue weighted by molar-refractivity contribution is 0.264. The smallest absolute Gasteiger partial charge is 0.246 e. The van der Waals surface area contributed by atoms with Crippen molar-refractivity contribution in [3.05, 3.63) is 30.5 Å². The molecule has 3 heterocycles. The number of rotatable bonds is 4. The minimum Gasteiger partial charge on any atom is -0.382 e. The first kappa shape index (κ1) is 14.9. The summed E-state index contributed by atoms with van der Waals surface area (Å²) in [4.78, 5) is 8.46. The number of sulfonamides is 1. The van der Waals surface area contributed by atoms with Gasteiger partial charge in [0, 0.05) is 31.7 Å². The Morgan fingerprint density at radius 3 is 2.91 bits per heavy atom. The van der Waals surface area contributed by atoms with Gasteiger partial charge in [0.25, 0.3) is 0 Å². The Bertz CT molecular complexity index is 731. The molecule has 1 saturated heterocycles. The Morgan fingerprint density at radius 1 is 1.36 bits per heavy atom. The highest BCUT2D eigenvalue weighted by Gasteiger charge is 2.31. The molecule has 8 nitrogen and oxygen atoms in total. The number of nitrogens with one attached hydrogen (secondary N) is 1. The van der Waals surface area contributed by atoms with Gasteiger partial charge in [-0.3, -0.25) is 10.1 Å². The minimum atomic E-state index is -3.48. The summed E-state index contributed by atoms with van der Waals surface area (Å²) in [5, 5.41) is 6.26. The van der Waals surface area contributed by atoms with Crippen molar-refractivity contribution < 1.29 is 8.42 Å². The maximum absolute atomic E-state index is 12.5. The molecule has 3 rings (SSSR count).